The maximum Gasteiger partial charge on any atom is 0.181 e. The van der Waals surface area contributed by atoms with Crippen molar-refractivity contribution < 1.29 is 19.3 Å². The summed E-state index contributed by atoms with van der Waals surface area (Å²) in [5, 5.41) is 9.61. The second kappa shape index (κ2) is 7.75. The number of hydrogen-bond donors (Lipinski definition) is 1. The van der Waals surface area contributed by atoms with E-state index in [0.717, 1.165) is 50.7 Å². The molecule has 1 aromatic carbocycles. The Morgan fingerprint density at radius 1 is 1.03 bits per heavy atom. The van der Waals surface area contributed by atoms with E-state index in [1.54, 1.807) is 0 Å². The fraction of sp³-hybridized carbons (Fsp3) is 0.630. The zero-order valence-corrected chi connectivity index (χ0v) is 18.5. The van der Waals surface area contributed by atoms with Gasteiger partial charge in [0.1, 0.15) is 5.75 Å². The minimum absolute atomic E-state index is 0.103. The van der Waals surface area contributed by atoms with Crippen LogP contribution in [0.4, 0.5) is 0 Å². The van der Waals surface area contributed by atoms with Crippen molar-refractivity contribution in [2.75, 3.05) is 19.8 Å². The van der Waals surface area contributed by atoms with Crippen LogP contribution in [-0.2, 0) is 15.9 Å². The molecule has 4 nitrogen and oxygen atoms in total. The number of rotatable bonds is 5. The lowest BCUT2D eigenvalue weighted by Gasteiger charge is -2.48. The predicted molar refractivity (Wildman–Crippen MR) is 120 cm³/mol. The minimum atomic E-state index is -0.505. The highest BCUT2D eigenvalue weighted by Gasteiger charge is 2.61. The van der Waals surface area contributed by atoms with E-state index >= 15 is 0 Å². The summed E-state index contributed by atoms with van der Waals surface area (Å²) in [7, 11) is 0. The van der Waals surface area contributed by atoms with Gasteiger partial charge < -0.3 is 19.3 Å². The molecule has 1 saturated heterocycles. The SMILES string of the molecule is OCCC[C@]12CCC3=C(CCc4cc(OC5CCCC5)ccc43)C1=CCC21OCCO1. The van der Waals surface area contributed by atoms with Gasteiger partial charge in [-0.3, -0.25) is 0 Å². The zero-order chi connectivity index (χ0) is 20.9. The molecule has 1 aliphatic heterocycles. The summed E-state index contributed by atoms with van der Waals surface area (Å²) in [6.07, 6.45) is 14.6. The molecule has 1 heterocycles. The summed E-state index contributed by atoms with van der Waals surface area (Å²) in [4.78, 5) is 0. The molecule has 4 heteroatoms. The molecule has 0 radical (unpaired) electrons. The molecular weight excluding hydrogens is 388 g/mol. The quantitative estimate of drug-likeness (QED) is 0.696. The monoisotopic (exact) mass is 422 g/mol. The van der Waals surface area contributed by atoms with Gasteiger partial charge in [-0.05, 0) is 104 Å². The Morgan fingerprint density at radius 3 is 2.68 bits per heavy atom. The summed E-state index contributed by atoms with van der Waals surface area (Å²) in [6.45, 7) is 1.59. The van der Waals surface area contributed by atoms with Crippen LogP contribution in [0.1, 0.15) is 75.3 Å². The first-order valence-corrected chi connectivity index (χ1v) is 12.4. The summed E-state index contributed by atoms with van der Waals surface area (Å²) in [6, 6.07) is 6.80. The molecule has 0 bridgehead atoms. The number of ether oxygens (including phenoxy) is 3. The van der Waals surface area contributed by atoms with E-state index in [2.05, 4.69) is 24.3 Å². The molecule has 1 spiro atoms. The third-order valence-electron chi connectivity index (χ3n) is 8.48. The molecule has 0 unspecified atom stereocenters. The number of aryl methyl sites for hydroxylation is 1. The number of aliphatic hydroxyl groups is 1. The third-order valence-corrected chi connectivity index (χ3v) is 8.48. The molecule has 2 fully saturated rings. The van der Waals surface area contributed by atoms with Crippen LogP contribution in [-0.4, -0.2) is 36.8 Å². The van der Waals surface area contributed by atoms with E-state index in [-0.39, 0.29) is 12.0 Å². The van der Waals surface area contributed by atoms with Gasteiger partial charge in [0.25, 0.3) is 0 Å². The molecule has 1 aromatic rings. The van der Waals surface area contributed by atoms with Gasteiger partial charge in [0.15, 0.2) is 5.79 Å². The van der Waals surface area contributed by atoms with Crippen LogP contribution in [0.3, 0.4) is 0 Å². The molecule has 0 amide bonds. The van der Waals surface area contributed by atoms with Crippen molar-refractivity contribution in [2.24, 2.45) is 5.41 Å². The lowest BCUT2D eigenvalue weighted by molar-refractivity contribution is -0.220. The molecular formula is C27H34O4. The fourth-order valence-corrected chi connectivity index (χ4v) is 7.09. The van der Waals surface area contributed by atoms with Crippen molar-refractivity contribution in [2.45, 2.75) is 82.5 Å². The Hall–Kier alpha value is -1.62. The third kappa shape index (κ3) is 3.06. The highest BCUT2D eigenvalue weighted by Crippen LogP contribution is 2.63. The largest absolute Gasteiger partial charge is 0.490 e. The summed E-state index contributed by atoms with van der Waals surface area (Å²) in [5.41, 5.74) is 7.27. The highest BCUT2D eigenvalue weighted by atomic mass is 16.7. The molecule has 1 atom stereocenters. The van der Waals surface area contributed by atoms with Gasteiger partial charge in [-0.2, -0.15) is 0 Å². The summed E-state index contributed by atoms with van der Waals surface area (Å²) >= 11 is 0. The second-order valence-electron chi connectivity index (χ2n) is 9.98. The first kappa shape index (κ1) is 20.0. The van der Waals surface area contributed by atoms with Gasteiger partial charge in [-0.1, -0.05) is 12.1 Å². The van der Waals surface area contributed by atoms with E-state index in [0.29, 0.717) is 19.3 Å². The van der Waals surface area contributed by atoms with Gasteiger partial charge in [0, 0.05) is 18.4 Å². The molecule has 5 aliphatic rings. The predicted octanol–water partition coefficient (Wildman–Crippen LogP) is 5.33. The Balaban J connectivity index is 1.34. The van der Waals surface area contributed by atoms with E-state index in [1.807, 2.05) is 0 Å². The topological polar surface area (TPSA) is 47.9 Å². The van der Waals surface area contributed by atoms with Crippen LogP contribution in [0.5, 0.6) is 5.75 Å². The van der Waals surface area contributed by atoms with E-state index in [1.165, 1.54) is 53.5 Å². The number of hydrogen-bond acceptors (Lipinski definition) is 4. The first-order valence-electron chi connectivity index (χ1n) is 12.4. The smallest absolute Gasteiger partial charge is 0.181 e. The van der Waals surface area contributed by atoms with E-state index in [4.69, 9.17) is 14.2 Å². The maximum atomic E-state index is 9.61. The number of benzene rings is 1. The van der Waals surface area contributed by atoms with Crippen LogP contribution in [0, 0.1) is 5.41 Å². The van der Waals surface area contributed by atoms with E-state index in [9.17, 15) is 5.11 Å². The van der Waals surface area contributed by atoms with E-state index < -0.39 is 5.79 Å². The minimum Gasteiger partial charge on any atom is -0.490 e. The average Bonchev–Trinajstić information content (AvgIpc) is 3.54. The first-order chi connectivity index (χ1) is 15.2. The Kier molecular flexibility index (Phi) is 5.01. The fourth-order valence-electron chi connectivity index (χ4n) is 7.09. The van der Waals surface area contributed by atoms with Crippen LogP contribution in [0.2, 0.25) is 0 Å². The van der Waals surface area contributed by atoms with Crippen LogP contribution >= 0.6 is 0 Å². The van der Waals surface area contributed by atoms with Gasteiger partial charge >= 0.3 is 0 Å². The normalized spacial score (nSPS) is 29.1. The molecule has 0 aromatic heterocycles. The Labute approximate surface area is 185 Å². The standard InChI is InChI=1S/C27H34O4/c28-15-3-12-26-13-10-23-22-9-7-21(31-20-4-1-2-5-20)18-19(22)6-8-24(23)25(26)11-14-27(26)29-16-17-30-27/h7,9,11,18,20,28H,1-6,8,10,12-17H2/t26-/m0/s1. The van der Waals surface area contributed by atoms with Gasteiger partial charge in [-0.25, -0.2) is 0 Å². The van der Waals surface area contributed by atoms with Crippen molar-refractivity contribution >= 4 is 5.57 Å². The van der Waals surface area contributed by atoms with Gasteiger partial charge in [0.05, 0.1) is 19.3 Å². The average molecular weight is 423 g/mol. The molecule has 31 heavy (non-hydrogen) atoms. The molecule has 4 aliphatic carbocycles. The van der Waals surface area contributed by atoms with Crippen molar-refractivity contribution in [3.05, 3.63) is 46.5 Å². The van der Waals surface area contributed by atoms with Crippen molar-refractivity contribution in [3.63, 3.8) is 0 Å². The Bertz CT molecular complexity index is 917. The van der Waals surface area contributed by atoms with Crippen LogP contribution in [0.15, 0.2) is 35.4 Å². The van der Waals surface area contributed by atoms with Crippen LogP contribution < -0.4 is 4.74 Å². The highest BCUT2D eigenvalue weighted by molar-refractivity contribution is 5.79. The Morgan fingerprint density at radius 2 is 1.87 bits per heavy atom. The number of allylic oxidation sites excluding steroid dienone is 2. The summed E-state index contributed by atoms with van der Waals surface area (Å²) < 4.78 is 18.9. The summed E-state index contributed by atoms with van der Waals surface area (Å²) in [5.74, 6) is 0.546. The number of aliphatic hydroxyl groups excluding tert-OH is 1. The van der Waals surface area contributed by atoms with Crippen molar-refractivity contribution in [1.82, 2.24) is 0 Å². The van der Waals surface area contributed by atoms with Gasteiger partial charge in [-0.15, -0.1) is 0 Å². The zero-order valence-electron chi connectivity index (χ0n) is 18.5. The lowest BCUT2D eigenvalue weighted by Crippen LogP contribution is -2.49. The van der Waals surface area contributed by atoms with Gasteiger partial charge in [0.2, 0.25) is 0 Å². The maximum absolute atomic E-state index is 9.61. The van der Waals surface area contributed by atoms with Crippen molar-refractivity contribution in [1.29, 1.82) is 0 Å². The number of fused-ring (bicyclic) bond motifs is 5. The van der Waals surface area contributed by atoms with Crippen LogP contribution in [0.25, 0.3) is 5.57 Å². The second-order valence-corrected chi connectivity index (χ2v) is 9.98. The lowest BCUT2D eigenvalue weighted by atomic mass is 9.61. The van der Waals surface area contributed by atoms with Crippen molar-refractivity contribution in [3.8, 4) is 5.75 Å². The molecule has 1 saturated carbocycles. The molecule has 1 N–H and O–H groups in total. The molecule has 166 valence electrons. The molecule has 6 rings (SSSR count).